The summed E-state index contributed by atoms with van der Waals surface area (Å²) < 4.78 is 6.16. The summed E-state index contributed by atoms with van der Waals surface area (Å²) in [7, 11) is 1.69. The van der Waals surface area contributed by atoms with Crippen molar-refractivity contribution in [1.29, 1.82) is 0 Å². The van der Waals surface area contributed by atoms with Gasteiger partial charge in [0.2, 0.25) is 0 Å². The summed E-state index contributed by atoms with van der Waals surface area (Å²) in [6, 6.07) is 9.20. The van der Waals surface area contributed by atoms with Crippen molar-refractivity contribution in [1.82, 2.24) is 9.80 Å². The highest BCUT2D eigenvalue weighted by molar-refractivity contribution is 9.10. The number of nitrogens with zero attached hydrogens (tertiary/aromatic N) is 2. The van der Waals surface area contributed by atoms with Crippen LogP contribution < -0.4 is 0 Å². The van der Waals surface area contributed by atoms with Crippen LogP contribution in [0.1, 0.15) is 28.8 Å². The van der Waals surface area contributed by atoms with Crippen molar-refractivity contribution < 1.29 is 19.1 Å². The number of hydrogen-bond donors (Lipinski definition) is 0. The van der Waals surface area contributed by atoms with Gasteiger partial charge < -0.3 is 14.5 Å². The predicted octanol–water partition coefficient (Wildman–Crippen LogP) is 3.56. The maximum Gasteiger partial charge on any atom is 0.309 e. The topological polar surface area (TPSA) is 66.9 Å². The van der Waals surface area contributed by atoms with Gasteiger partial charge in [-0.2, -0.15) is 11.3 Å². The first-order valence-electron chi connectivity index (χ1n) is 9.40. The van der Waals surface area contributed by atoms with Gasteiger partial charge in [0.15, 0.2) is 6.61 Å². The minimum atomic E-state index is -0.363. The molecule has 0 bridgehead atoms. The number of carbonyl (C=O) groups is 3. The molecule has 0 aliphatic carbocycles. The average molecular weight is 479 g/mol. The SMILES string of the molecule is CN(Cc1ccsc1)C(=O)COC(=O)C1CCN(C(=O)c2ccc(Br)cc2)CC1. The first kappa shape index (κ1) is 21.5. The van der Waals surface area contributed by atoms with E-state index in [0.717, 1.165) is 10.0 Å². The number of hydrogen-bond acceptors (Lipinski definition) is 5. The molecule has 0 radical (unpaired) electrons. The molecular weight excluding hydrogens is 456 g/mol. The molecule has 1 aromatic carbocycles. The van der Waals surface area contributed by atoms with E-state index in [1.165, 1.54) is 0 Å². The summed E-state index contributed by atoms with van der Waals surface area (Å²) in [6.45, 7) is 1.25. The third-order valence-corrected chi connectivity index (χ3v) is 6.23. The monoisotopic (exact) mass is 478 g/mol. The number of amides is 2. The Kier molecular flexibility index (Phi) is 7.44. The zero-order chi connectivity index (χ0) is 20.8. The van der Waals surface area contributed by atoms with E-state index in [1.54, 1.807) is 40.3 Å². The lowest BCUT2D eigenvalue weighted by Gasteiger charge is -2.31. The summed E-state index contributed by atoms with van der Waals surface area (Å²) in [4.78, 5) is 40.4. The van der Waals surface area contributed by atoms with Gasteiger partial charge in [0.05, 0.1) is 5.92 Å². The number of rotatable bonds is 6. The second kappa shape index (κ2) is 10.0. The molecule has 1 aliphatic rings. The van der Waals surface area contributed by atoms with E-state index in [-0.39, 0.29) is 30.3 Å². The first-order valence-corrected chi connectivity index (χ1v) is 11.1. The van der Waals surface area contributed by atoms with Crippen LogP contribution in [0.3, 0.4) is 0 Å². The van der Waals surface area contributed by atoms with Crippen LogP contribution in [0.2, 0.25) is 0 Å². The van der Waals surface area contributed by atoms with Crippen molar-refractivity contribution >= 4 is 45.1 Å². The Morgan fingerprint density at radius 1 is 1.17 bits per heavy atom. The highest BCUT2D eigenvalue weighted by Crippen LogP contribution is 2.21. The summed E-state index contributed by atoms with van der Waals surface area (Å²) in [5.74, 6) is -0.904. The molecule has 0 saturated carbocycles. The molecular formula is C21H23BrN2O4S. The molecule has 0 spiro atoms. The van der Waals surface area contributed by atoms with Crippen LogP contribution in [0.4, 0.5) is 0 Å². The molecule has 3 rings (SSSR count). The number of benzene rings is 1. The van der Waals surface area contributed by atoms with Crippen LogP contribution in [-0.2, 0) is 20.9 Å². The van der Waals surface area contributed by atoms with Crippen molar-refractivity contribution in [3.8, 4) is 0 Å². The van der Waals surface area contributed by atoms with Crippen molar-refractivity contribution in [3.63, 3.8) is 0 Å². The zero-order valence-corrected chi connectivity index (χ0v) is 18.6. The Morgan fingerprint density at radius 2 is 1.86 bits per heavy atom. The first-order chi connectivity index (χ1) is 13.9. The lowest BCUT2D eigenvalue weighted by molar-refractivity contribution is -0.156. The fourth-order valence-corrected chi connectivity index (χ4v) is 4.12. The molecule has 29 heavy (non-hydrogen) atoms. The largest absolute Gasteiger partial charge is 0.455 e. The number of likely N-dealkylation sites (N-methyl/N-ethyl adjacent to an activating group) is 1. The van der Waals surface area contributed by atoms with Gasteiger partial charge in [0, 0.05) is 36.7 Å². The maximum absolute atomic E-state index is 12.6. The van der Waals surface area contributed by atoms with E-state index < -0.39 is 0 Å². The molecule has 8 heteroatoms. The Labute approximate surface area is 182 Å². The summed E-state index contributed by atoms with van der Waals surface area (Å²) in [5.41, 5.74) is 1.69. The fourth-order valence-electron chi connectivity index (χ4n) is 3.20. The van der Waals surface area contributed by atoms with Gasteiger partial charge in [0.25, 0.3) is 11.8 Å². The molecule has 6 nitrogen and oxygen atoms in total. The van der Waals surface area contributed by atoms with Gasteiger partial charge in [-0.25, -0.2) is 0 Å². The van der Waals surface area contributed by atoms with Gasteiger partial charge in [0.1, 0.15) is 0 Å². The molecule has 2 aromatic rings. The second-order valence-electron chi connectivity index (χ2n) is 7.06. The van der Waals surface area contributed by atoms with Gasteiger partial charge in [-0.3, -0.25) is 14.4 Å². The van der Waals surface area contributed by atoms with E-state index in [4.69, 9.17) is 4.74 Å². The quantitative estimate of drug-likeness (QED) is 0.595. The lowest BCUT2D eigenvalue weighted by Crippen LogP contribution is -2.41. The van der Waals surface area contributed by atoms with Gasteiger partial charge >= 0.3 is 5.97 Å². The number of ether oxygens (including phenoxy) is 1. The zero-order valence-electron chi connectivity index (χ0n) is 16.2. The van der Waals surface area contributed by atoms with Crippen LogP contribution >= 0.6 is 27.3 Å². The van der Waals surface area contributed by atoms with E-state index >= 15 is 0 Å². The van der Waals surface area contributed by atoms with Crippen LogP contribution in [-0.4, -0.2) is 54.3 Å². The van der Waals surface area contributed by atoms with Crippen molar-refractivity contribution in [2.24, 2.45) is 5.92 Å². The molecule has 0 N–H and O–H groups in total. The molecule has 2 heterocycles. The molecule has 2 amide bonds. The van der Waals surface area contributed by atoms with Crippen LogP contribution in [0.5, 0.6) is 0 Å². The standard InChI is InChI=1S/C21H23BrN2O4S/c1-23(12-15-8-11-29-14-15)19(25)13-28-21(27)17-6-9-24(10-7-17)20(26)16-2-4-18(22)5-3-16/h2-5,8,11,14,17H,6-7,9-10,12-13H2,1H3. The minimum Gasteiger partial charge on any atom is -0.455 e. The summed E-state index contributed by atoms with van der Waals surface area (Å²) >= 11 is 4.94. The lowest BCUT2D eigenvalue weighted by atomic mass is 9.96. The molecule has 1 aliphatic heterocycles. The average Bonchev–Trinajstić information content (AvgIpc) is 3.25. The highest BCUT2D eigenvalue weighted by Gasteiger charge is 2.29. The third-order valence-electron chi connectivity index (χ3n) is 4.97. The van der Waals surface area contributed by atoms with E-state index in [2.05, 4.69) is 15.9 Å². The molecule has 1 fully saturated rings. The summed E-state index contributed by atoms with van der Waals surface area (Å²) in [5, 5.41) is 3.95. The van der Waals surface area contributed by atoms with Crippen molar-refractivity contribution in [2.45, 2.75) is 19.4 Å². The highest BCUT2D eigenvalue weighted by atomic mass is 79.9. The molecule has 1 saturated heterocycles. The fraction of sp³-hybridized carbons (Fsp3) is 0.381. The number of thiophene rings is 1. The van der Waals surface area contributed by atoms with Crippen LogP contribution in [0.15, 0.2) is 45.6 Å². The third kappa shape index (κ3) is 5.90. The number of piperidine rings is 1. The Morgan fingerprint density at radius 3 is 2.48 bits per heavy atom. The van der Waals surface area contributed by atoms with E-state index in [0.29, 0.717) is 38.0 Å². The smallest absolute Gasteiger partial charge is 0.309 e. The Balaban J connectivity index is 1.42. The second-order valence-corrected chi connectivity index (χ2v) is 8.76. The molecule has 0 unspecified atom stereocenters. The van der Waals surface area contributed by atoms with Crippen LogP contribution in [0, 0.1) is 5.92 Å². The summed E-state index contributed by atoms with van der Waals surface area (Å²) in [6.07, 6.45) is 1.08. The normalized spacial score (nSPS) is 14.5. The van der Waals surface area contributed by atoms with Crippen LogP contribution in [0.25, 0.3) is 0 Å². The number of halogens is 1. The number of esters is 1. The molecule has 1 aromatic heterocycles. The maximum atomic E-state index is 12.6. The number of likely N-dealkylation sites (tertiary alicyclic amines) is 1. The van der Waals surface area contributed by atoms with E-state index in [9.17, 15) is 14.4 Å². The van der Waals surface area contributed by atoms with Gasteiger partial charge in [-0.15, -0.1) is 0 Å². The van der Waals surface area contributed by atoms with Crippen molar-refractivity contribution in [2.75, 3.05) is 26.7 Å². The Bertz CT molecular complexity index is 846. The minimum absolute atomic E-state index is 0.0328. The molecule has 0 atom stereocenters. The van der Waals surface area contributed by atoms with Gasteiger partial charge in [-0.1, -0.05) is 15.9 Å². The van der Waals surface area contributed by atoms with Crippen molar-refractivity contribution in [3.05, 3.63) is 56.7 Å². The van der Waals surface area contributed by atoms with E-state index in [1.807, 2.05) is 29.0 Å². The predicted molar refractivity (Wildman–Crippen MR) is 115 cm³/mol. The number of carbonyl (C=O) groups excluding carboxylic acids is 3. The van der Waals surface area contributed by atoms with Gasteiger partial charge in [-0.05, 0) is 59.5 Å². The molecule has 154 valence electrons. The Hall–Kier alpha value is -2.19.